The lowest BCUT2D eigenvalue weighted by Gasteiger charge is -2.29. The first-order valence-electron chi connectivity index (χ1n) is 4.58. The molecule has 12 heavy (non-hydrogen) atoms. The van der Waals surface area contributed by atoms with Gasteiger partial charge in [0.15, 0.2) is 0 Å². The van der Waals surface area contributed by atoms with Gasteiger partial charge in [-0.1, -0.05) is 19.1 Å². The highest BCUT2D eigenvalue weighted by Crippen LogP contribution is 2.21. The molecule has 0 fully saturated rings. The average molecular weight is 172 g/mol. The zero-order valence-corrected chi connectivity index (χ0v) is 8.25. The number of hydrogen-bond donors (Lipinski definition) is 2. The molecule has 0 aliphatic rings. The van der Waals surface area contributed by atoms with Gasteiger partial charge in [0.1, 0.15) is 0 Å². The highest BCUT2D eigenvalue weighted by atomic mass is 16.3. The van der Waals surface area contributed by atoms with E-state index < -0.39 is 11.7 Å². The number of aliphatic hydroxyl groups excluding tert-OH is 1. The fourth-order valence-electron chi connectivity index (χ4n) is 1.18. The van der Waals surface area contributed by atoms with Crippen LogP contribution in [0.2, 0.25) is 0 Å². The molecule has 2 heteroatoms. The molecule has 0 spiro atoms. The molecule has 0 rings (SSSR count). The Bertz CT molecular complexity index is 141. The zero-order valence-electron chi connectivity index (χ0n) is 8.25. The lowest BCUT2D eigenvalue weighted by atomic mass is 9.89. The van der Waals surface area contributed by atoms with Crippen LogP contribution in [-0.4, -0.2) is 21.9 Å². The van der Waals surface area contributed by atoms with Gasteiger partial charge in [0.2, 0.25) is 0 Å². The molecule has 0 radical (unpaired) electrons. The fourth-order valence-corrected chi connectivity index (χ4v) is 1.18. The summed E-state index contributed by atoms with van der Waals surface area (Å²) >= 11 is 0. The molecule has 0 heterocycles. The molecular formula is C10H20O2. The van der Waals surface area contributed by atoms with Gasteiger partial charge >= 0.3 is 0 Å². The Labute approximate surface area is 74.9 Å². The SMILES string of the molecule is C/C=C/CCC(O)(CC)C(C)O. The van der Waals surface area contributed by atoms with E-state index in [1.54, 1.807) is 6.92 Å². The minimum Gasteiger partial charge on any atom is -0.390 e. The fraction of sp³-hybridized carbons (Fsp3) is 0.800. The molecule has 0 amide bonds. The molecule has 0 aliphatic carbocycles. The van der Waals surface area contributed by atoms with E-state index in [2.05, 4.69) is 0 Å². The minimum absolute atomic E-state index is 0.599. The summed E-state index contributed by atoms with van der Waals surface area (Å²) in [5.74, 6) is 0. The van der Waals surface area contributed by atoms with E-state index in [9.17, 15) is 10.2 Å². The van der Waals surface area contributed by atoms with E-state index in [4.69, 9.17) is 0 Å². The average Bonchev–Trinajstić information content (AvgIpc) is 2.04. The van der Waals surface area contributed by atoms with Crippen molar-refractivity contribution >= 4 is 0 Å². The maximum Gasteiger partial charge on any atom is 0.0903 e. The molecule has 2 unspecified atom stereocenters. The van der Waals surface area contributed by atoms with Crippen molar-refractivity contribution in [2.75, 3.05) is 0 Å². The van der Waals surface area contributed by atoms with Gasteiger partial charge in [-0.3, -0.25) is 0 Å². The van der Waals surface area contributed by atoms with Crippen molar-refractivity contribution in [2.24, 2.45) is 0 Å². The molecule has 0 aromatic heterocycles. The maximum absolute atomic E-state index is 9.84. The first kappa shape index (κ1) is 11.7. The Morgan fingerprint density at radius 3 is 2.42 bits per heavy atom. The van der Waals surface area contributed by atoms with Crippen LogP contribution < -0.4 is 0 Å². The number of hydrogen-bond acceptors (Lipinski definition) is 2. The van der Waals surface area contributed by atoms with E-state index in [0.29, 0.717) is 12.8 Å². The monoisotopic (exact) mass is 172 g/mol. The standard InChI is InChI=1S/C10H20O2/c1-4-6-7-8-10(12,5-2)9(3)11/h4,6,9,11-12H,5,7-8H2,1-3H3/b6-4+. The third kappa shape index (κ3) is 3.37. The lowest BCUT2D eigenvalue weighted by Crippen LogP contribution is -2.39. The van der Waals surface area contributed by atoms with Crippen LogP contribution in [0.4, 0.5) is 0 Å². The van der Waals surface area contributed by atoms with Crippen molar-refractivity contribution in [3.05, 3.63) is 12.2 Å². The third-order valence-corrected chi connectivity index (χ3v) is 2.37. The van der Waals surface area contributed by atoms with E-state index in [0.717, 1.165) is 6.42 Å². The molecule has 72 valence electrons. The molecule has 0 saturated carbocycles. The molecule has 0 aromatic carbocycles. The summed E-state index contributed by atoms with van der Waals surface area (Å²) < 4.78 is 0. The number of rotatable bonds is 5. The van der Waals surface area contributed by atoms with E-state index >= 15 is 0 Å². The van der Waals surface area contributed by atoms with Crippen LogP contribution in [0.5, 0.6) is 0 Å². The van der Waals surface area contributed by atoms with Crippen molar-refractivity contribution in [3.8, 4) is 0 Å². The quantitative estimate of drug-likeness (QED) is 0.621. The Kier molecular flexibility index (Phi) is 5.18. The summed E-state index contributed by atoms with van der Waals surface area (Å²) in [4.78, 5) is 0. The third-order valence-electron chi connectivity index (χ3n) is 2.37. The van der Waals surface area contributed by atoms with Crippen LogP contribution in [0.15, 0.2) is 12.2 Å². The van der Waals surface area contributed by atoms with Gasteiger partial charge in [-0.25, -0.2) is 0 Å². The predicted molar refractivity (Wildman–Crippen MR) is 51.0 cm³/mol. The number of aliphatic hydroxyl groups is 2. The summed E-state index contributed by atoms with van der Waals surface area (Å²) in [6.07, 6.45) is 5.37. The Balaban J connectivity index is 3.96. The van der Waals surface area contributed by atoms with Crippen molar-refractivity contribution in [2.45, 2.75) is 51.7 Å². The molecule has 0 bridgehead atoms. The Morgan fingerprint density at radius 2 is 2.08 bits per heavy atom. The van der Waals surface area contributed by atoms with Crippen LogP contribution >= 0.6 is 0 Å². The smallest absolute Gasteiger partial charge is 0.0903 e. The summed E-state index contributed by atoms with van der Waals surface area (Å²) in [6, 6.07) is 0. The summed E-state index contributed by atoms with van der Waals surface area (Å²) in [5, 5.41) is 19.1. The van der Waals surface area contributed by atoms with Crippen LogP contribution in [0.25, 0.3) is 0 Å². The summed E-state index contributed by atoms with van der Waals surface area (Å²) in [6.45, 7) is 5.48. The molecule has 0 saturated heterocycles. The van der Waals surface area contributed by atoms with Gasteiger partial charge in [0.05, 0.1) is 11.7 Å². The van der Waals surface area contributed by atoms with E-state index in [1.807, 2.05) is 26.0 Å². The Hall–Kier alpha value is -0.340. The second-order valence-corrected chi connectivity index (χ2v) is 3.24. The van der Waals surface area contributed by atoms with E-state index in [1.165, 1.54) is 0 Å². The van der Waals surface area contributed by atoms with Crippen LogP contribution in [0.1, 0.15) is 40.0 Å². The molecular weight excluding hydrogens is 152 g/mol. The van der Waals surface area contributed by atoms with E-state index in [-0.39, 0.29) is 0 Å². The molecule has 0 aliphatic heterocycles. The van der Waals surface area contributed by atoms with Gasteiger partial charge in [-0.15, -0.1) is 0 Å². The van der Waals surface area contributed by atoms with Gasteiger partial charge in [-0.2, -0.15) is 0 Å². The first-order chi connectivity index (χ1) is 5.56. The van der Waals surface area contributed by atoms with Gasteiger partial charge in [0, 0.05) is 0 Å². The highest BCUT2D eigenvalue weighted by molar-refractivity contribution is 4.87. The lowest BCUT2D eigenvalue weighted by molar-refractivity contribution is -0.0732. The molecule has 2 N–H and O–H groups in total. The van der Waals surface area contributed by atoms with Crippen molar-refractivity contribution in [3.63, 3.8) is 0 Å². The van der Waals surface area contributed by atoms with Gasteiger partial charge < -0.3 is 10.2 Å². The van der Waals surface area contributed by atoms with Gasteiger partial charge in [-0.05, 0) is 33.1 Å². The second-order valence-electron chi connectivity index (χ2n) is 3.24. The first-order valence-corrected chi connectivity index (χ1v) is 4.58. The largest absolute Gasteiger partial charge is 0.390 e. The highest BCUT2D eigenvalue weighted by Gasteiger charge is 2.29. The zero-order chi connectivity index (χ0) is 9.61. The number of allylic oxidation sites excluding steroid dienone is 2. The minimum atomic E-state index is -0.903. The normalized spacial score (nSPS) is 19.4. The summed E-state index contributed by atoms with van der Waals surface area (Å²) in [5.41, 5.74) is -0.903. The second kappa shape index (κ2) is 5.33. The van der Waals surface area contributed by atoms with Crippen molar-refractivity contribution < 1.29 is 10.2 Å². The molecule has 0 aromatic rings. The Morgan fingerprint density at radius 1 is 1.50 bits per heavy atom. The molecule has 2 atom stereocenters. The van der Waals surface area contributed by atoms with Gasteiger partial charge in [0.25, 0.3) is 0 Å². The van der Waals surface area contributed by atoms with Crippen molar-refractivity contribution in [1.82, 2.24) is 0 Å². The predicted octanol–water partition coefficient (Wildman–Crippen LogP) is 1.86. The maximum atomic E-state index is 9.84. The molecule has 2 nitrogen and oxygen atoms in total. The van der Waals surface area contributed by atoms with Crippen molar-refractivity contribution in [1.29, 1.82) is 0 Å². The van der Waals surface area contributed by atoms with Crippen LogP contribution in [0.3, 0.4) is 0 Å². The van der Waals surface area contributed by atoms with Crippen LogP contribution in [0, 0.1) is 0 Å². The summed E-state index contributed by atoms with van der Waals surface area (Å²) in [7, 11) is 0. The van der Waals surface area contributed by atoms with Crippen LogP contribution in [-0.2, 0) is 0 Å². The topological polar surface area (TPSA) is 40.5 Å².